The molecule has 0 radical (unpaired) electrons. The summed E-state index contributed by atoms with van der Waals surface area (Å²) >= 11 is 0. The van der Waals surface area contributed by atoms with E-state index in [2.05, 4.69) is 6.58 Å². The van der Waals surface area contributed by atoms with Crippen LogP contribution in [0.1, 0.15) is 22.8 Å². The van der Waals surface area contributed by atoms with Crippen LogP contribution in [0.25, 0.3) is 0 Å². The number of hydrogen-bond donors (Lipinski definition) is 0. The van der Waals surface area contributed by atoms with Crippen molar-refractivity contribution in [1.29, 1.82) is 0 Å². The van der Waals surface area contributed by atoms with Crippen LogP contribution in [0.3, 0.4) is 0 Å². The van der Waals surface area contributed by atoms with E-state index in [9.17, 15) is 4.79 Å². The molecule has 0 bridgehead atoms. The zero-order valence-electron chi connectivity index (χ0n) is 8.54. The average Bonchev–Trinajstić information content (AvgIpc) is 2.18. The van der Waals surface area contributed by atoms with Crippen molar-refractivity contribution in [3.8, 4) is 5.75 Å². The summed E-state index contributed by atoms with van der Waals surface area (Å²) in [5.74, 6) is 0.688. The molecule has 0 N–H and O–H groups in total. The minimum Gasteiger partial charge on any atom is -0.496 e. The predicted molar refractivity (Wildman–Crippen MR) is 56.9 cm³/mol. The van der Waals surface area contributed by atoms with Gasteiger partial charge in [-0.15, -0.1) is 6.58 Å². The van der Waals surface area contributed by atoms with Gasteiger partial charge in [0, 0.05) is 0 Å². The summed E-state index contributed by atoms with van der Waals surface area (Å²) in [6.07, 6.45) is 2.51. The van der Waals surface area contributed by atoms with E-state index in [0.717, 1.165) is 5.56 Å². The van der Waals surface area contributed by atoms with Gasteiger partial charge in [0.05, 0.1) is 12.7 Å². The van der Waals surface area contributed by atoms with Crippen LogP contribution in [0, 0.1) is 0 Å². The minimum absolute atomic E-state index is 0.0211. The fraction of sp³-hybridized carbons (Fsp3) is 0.250. The van der Waals surface area contributed by atoms with Gasteiger partial charge in [0.15, 0.2) is 5.78 Å². The molecule has 0 unspecified atom stereocenters. The van der Waals surface area contributed by atoms with Crippen molar-refractivity contribution in [2.45, 2.75) is 13.3 Å². The third kappa shape index (κ3) is 2.02. The molecule has 0 spiro atoms. The molecule has 0 amide bonds. The molecular formula is C12H14O2. The van der Waals surface area contributed by atoms with E-state index in [1.165, 1.54) is 6.92 Å². The number of ether oxygens (including phenoxy) is 1. The highest BCUT2D eigenvalue weighted by Crippen LogP contribution is 2.24. The Bertz CT molecular complexity index is 353. The number of carbonyl (C=O) groups excluding carboxylic acids is 1. The highest BCUT2D eigenvalue weighted by atomic mass is 16.5. The number of rotatable bonds is 4. The van der Waals surface area contributed by atoms with Crippen molar-refractivity contribution < 1.29 is 9.53 Å². The van der Waals surface area contributed by atoms with Crippen molar-refractivity contribution in [1.82, 2.24) is 0 Å². The molecule has 0 aliphatic heterocycles. The lowest BCUT2D eigenvalue weighted by molar-refractivity contribution is 0.101. The topological polar surface area (TPSA) is 26.3 Å². The van der Waals surface area contributed by atoms with Crippen LogP contribution >= 0.6 is 0 Å². The van der Waals surface area contributed by atoms with Gasteiger partial charge >= 0.3 is 0 Å². The first-order valence-electron chi connectivity index (χ1n) is 4.48. The minimum atomic E-state index is 0.0211. The lowest BCUT2D eigenvalue weighted by atomic mass is 10.0. The predicted octanol–water partition coefficient (Wildman–Crippen LogP) is 2.63. The monoisotopic (exact) mass is 190 g/mol. The maximum absolute atomic E-state index is 11.3. The lowest BCUT2D eigenvalue weighted by Gasteiger charge is -2.10. The third-order valence-electron chi connectivity index (χ3n) is 2.04. The number of benzene rings is 1. The van der Waals surface area contributed by atoms with Crippen LogP contribution in [0.5, 0.6) is 5.75 Å². The maximum atomic E-state index is 11.3. The Labute approximate surface area is 84.2 Å². The summed E-state index contributed by atoms with van der Waals surface area (Å²) in [6.45, 7) is 5.20. The zero-order chi connectivity index (χ0) is 10.6. The molecule has 2 heteroatoms. The van der Waals surface area contributed by atoms with Gasteiger partial charge in [-0.2, -0.15) is 0 Å². The largest absolute Gasteiger partial charge is 0.496 e. The Morgan fingerprint density at radius 1 is 1.57 bits per heavy atom. The molecule has 0 saturated carbocycles. The summed E-state index contributed by atoms with van der Waals surface area (Å²) in [6, 6.07) is 5.57. The highest BCUT2D eigenvalue weighted by Gasteiger charge is 2.10. The molecule has 0 aromatic heterocycles. The molecule has 0 heterocycles. The van der Waals surface area contributed by atoms with E-state index >= 15 is 0 Å². The summed E-state index contributed by atoms with van der Waals surface area (Å²) in [5, 5.41) is 0. The van der Waals surface area contributed by atoms with E-state index in [0.29, 0.717) is 17.7 Å². The van der Waals surface area contributed by atoms with Crippen molar-refractivity contribution in [2.24, 2.45) is 0 Å². The molecule has 2 nitrogen and oxygen atoms in total. The molecule has 74 valence electrons. The van der Waals surface area contributed by atoms with E-state index < -0.39 is 0 Å². The van der Waals surface area contributed by atoms with Crippen LogP contribution in [0.2, 0.25) is 0 Å². The van der Waals surface area contributed by atoms with Crippen LogP contribution in [0.4, 0.5) is 0 Å². The molecule has 0 saturated heterocycles. The third-order valence-corrected chi connectivity index (χ3v) is 2.04. The smallest absolute Gasteiger partial charge is 0.163 e. The molecule has 0 aliphatic carbocycles. The van der Waals surface area contributed by atoms with Gasteiger partial charge < -0.3 is 4.74 Å². The zero-order valence-corrected chi connectivity index (χ0v) is 8.54. The van der Waals surface area contributed by atoms with Crippen molar-refractivity contribution >= 4 is 5.78 Å². The van der Waals surface area contributed by atoms with Crippen LogP contribution < -0.4 is 4.74 Å². The molecule has 0 aliphatic rings. The molecule has 0 fully saturated rings. The second-order valence-electron chi connectivity index (χ2n) is 3.05. The normalized spacial score (nSPS) is 9.57. The fourth-order valence-electron chi connectivity index (χ4n) is 1.42. The van der Waals surface area contributed by atoms with Gasteiger partial charge in [-0.05, 0) is 25.0 Å². The molecule has 0 atom stereocenters. The maximum Gasteiger partial charge on any atom is 0.163 e. The second kappa shape index (κ2) is 4.61. The molecule has 14 heavy (non-hydrogen) atoms. The first-order valence-corrected chi connectivity index (χ1v) is 4.48. The fourth-order valence-corrected chi connectivity index (χ4v) is 1.42. The highest BCUT2D eigenvalue weighted by molar-refractivity contribution is 5.97. The van der Waals surface area contributed by atoms with Crippen LogP contribution in [0.15, 0.2) is 30.9 Å². The standard InChI is InChI=1S/C12H14O2/c1-4-6-10-7-5-8-11(9(2)13)12(10)14-3/h4-5,7-8H,1,6H2,2-3H3. The first kappa shape index (κ1) is 10.5. The van der Waals surface area contributed by atoms with Gasteiger partial charge in [-0.1, -0.05) is 18.2 Å². The van der Waals surface area contributed by atoms with Crippen molar-refractivity contribution in [3.05, 3.63) is 42.0 Å². The average molecular weight is 190 g/mol. The molecule has 1 rings (SSSR count). The number of ketones is 1. The molecule has 1 aromatic rings. The van der Waals surface area contributed by atoms with Gasteiger partial charge in [0.1, 0.15) is 5.75 Å². The van der Waals surface area contributed by atoms with E-state index in [1.54, 1.807) is 19.3 Å². The number of Topliss-reactive ketones (excluding diaryl/α,β-unsaturated/α-hetero) is 1. The Kier molecular flexibility index (Phi) is 3.46. The number of methoxy groups -OCH3 is 1. The molecular weight excluding hydrogens is 176 g/mol. The Hall–Kier alpha value is -1.57. The Morgan fingerprint density at radius 3 is 2.79 bits per heavy atom. The quantitative estimate of drug-likeness (QED) is 0.539. The van der Waals surface area contributed by atoms with Gasteiger partial charge in [0.25, 0.3) is 0 Å². The van der Waals surface area contributed by atoms with Gasteiger partial charge in [-0.25, -0.2) is 0 Å². The van der Waals surface area contributed by atoms with Crippen LogP contribution in [-0.2, 0) is 6.42 Å². The lowest BCUT2D eigenvalue weighted by Crippen LogP contribution is -2.00. The number of carbonyl (C=O) groups is 1. The Morgan fingerprint density at radius 2 is 2.29 bits per heavy atom. The second-order valence-corrected chi connectivity index (χ2v) is 3.05. The summed E-state index contributed by atoms with van der Waals surface area (Å²) < 4.78 is 5.22. The summed E-state index contributed by atoms with van der Waals surface area (Å²) in [5.41, 5.74) is 1.63. The van der Waals surface area contributed by atoms with E-state index in [1.807, 2.05) is 12.1 Å². The first-order chi connectivity index (χ1) is 6.70. The Balaban J connectivity index is 3.24. The number of hydrogen-bond acceptors (Lipinski definition) is 2. The van der Waals surface area contributed by atoms with Gasteiger partial charge in [-0.3, -0.25) is 4.79 Å². The summed E-state index contributed by atoms with van der Waals surface area (Å²) in [7, 11) is 1.58. The van der Waals surface area contributed by atoms with Crippen LogP contribution in [-0.4, -0.2) is 12.9 Å². The van der Waals surface area contributed by atoms with Crippen molar-refractivity contribution in [3.63, 3.8) is 0 Å². The number of allylic oxidation sites excluding steroid dienone is 1. The van der Waals surface area contributed by atoms with E-state index in [4.69, 9.17) is 4.74 Å². The van der Waals surface area contributed by atoms with Crippen molar-refractivity contribution in [2.75, 3.05) is 7.11 Å². The summed E-state index contributed by atoms with van der Waals surface area (Å²) in [4.78, 5) is 11.3. The van der Waals surface area contributed by atoms with Gasteiger partial charge in [0.2, 0.25) is 0 Å². The molecule has 1 aromatic carbocycles. The number of para-hydroxylation sites is 1. The SMILES string of the molecule is C=CCc1cccc(C(C)=O)c1OC. The van der Waals surface area contributed by atoms with E-state index in [-0.39, 0.29) is 5.78 Å².